The number of phenolic OH excluding ortho intramolecular Hbond substituents is 1. The molecular weight excluding hydrogens is 256 g/mol. The molecule has 20 heavy (non-hydrogen) atoms. The van der Waals surface area contributed by atoms with Gasteiger partial charge in [0.25, 0.3) is 0 Å². The number of hydrogen-bond acceptors (Lipinski definition) is 4. The van der Waals surface area contributed by atoms with E-state index in [4.69, 9.17) is 0 Å². The van der Waals surface area contributed by atoms with Crippen molar-refractivity contribution in [3.8, 4) is 5.75 Å². The Kier molecular flexibility index (Phi) is 4.28. The van der Waals surface area contributed by atoms with Gasteiger partial charge in [0.15, 0.2) is 5.75 Å². The summed E-state index contributed by atoms with van der Waals surface area (Å²) in [6.07, 6.45) is 4.71. The van der Waals surface area contributed by atoms with Crippen LogP contribution in [0.4, 0.5) is 5.69 Å². The summed E-state index contributed by atoms with van der Waals surface area (Å²) in [5.41, 5.74) is 0.709. The molecular formula is C15H22N2O3. The van der Waals surface area contributed by atoms with Gasteiger partial charge in [0.05, 0.1) is 4.92 Å². The fourth-order valence-electron chi connectivity index (χ4n) is 2.72. The number of nitro benzene ring substituents is 1. The van der Waals surface area contributed by atoms with E-state index in [1.165, 1.54) is 25.0 Å². The molecule has 110 valence electrons. The van der Waals surface area contributed by atoms with E-state index in [0.717, 1.165) is 24.3 Å². The van der Waals surface area contributed by atoms with Crippen molar-refractivity contribution >= 4 is 5.69 Å². The van der Waals surface area contributed by atoms with Crippen molar-refractivity contribution in [2.75, 3.05) is 0 Å². The monoisotopic (exact) mass is 278 g/mol. The van der Waals surface area contributed by atoms with Crippen molar-refractivity contribution in [2.24, 2.45) is 5.92 Å². The van der Waals surface area contributed by atoms with Gasteiger partial charge < -0.3 is 10.4 Å². The van der Waals surface area contributed by atoms with Crippen LogP contribution in [0.2, 0.25) is 0 Å². The van der Waals surface area contributed by atoms with Crippen LogP contribution in [0.5, 0.6) is 5.75 Å². The Labute approximate surface area is 119 Å². The summed E-state index contributed by atoms with van der Waals surface area (Å²) in [5, 5.41) is 23.8. The molecule has 0 bridgehead atoms. The molecule has 0 aliphatic heterocycles. The van der Waals surface area contributed by atoms with Crippen LogP contribution in [-0.2, 0) is 6.54 Å². The third-order valence-corrected chi connectivity index (χ3v) is 4.33. The molecule has 2 rings (SSSR count). The van der Waals surface area contributed by atoms with E-state index in [1.807, 2.05) is 0 Å². The molecule has 0 amide bonds. The first kappa shape index (κ1) is 14.8. The molecule has 0 aromatic heterocycles. The lowest BCUT2D eigenvalue weighted by atomic mass is 9.78. The van der Waals surface area contributed by atoms with Crippen LogP contribution in [0.1, 0.15) is 45.1 Å². The van der Waals surface area contributed by atoms with Gasteiger partial charge in [0.1, 0.15) is 0 Å². The number of phenols is 1. The molecule has 0 heterocycles. The molecule has 0 spiro atoms. The van der Waals surface area contributed by atoms with Crippen LogP contribution in [0.3, 0.4) is 0 Å². The quantitative estimate of drug-likeness (QED) is 0.654. The number of nitrogens with one attached hydrogen (secondary N) is 1. The molecule has 0 radical (unpaired) electrons. The summed E-state index contributed by atoms with van der Waals surface area (Å²) in [5.74, 6) is 0.510. The second-order valence-corrected chi connectivity index (χ2v) is 6.18. The molecule has 2 N–H and O–H groups in total. The Hall–Kier alpha value is -1.62. The average molecular weight is 278 g/mol. The summed E-state index contributed by atoms with van der Waals surface area (Å²) in [4.78, 5) is 10.3. The lowest BCUT2D eigenvalue weighted by molar-refractivity contribution is -0.385. The Morgan fingerprint density at radius 2 is 2.10 bits per heavy atom. The largest absolute Gasteiger partial charge is 0.502 e. The van der Waals surface area contributed by atoms with Crippen LogP contribution < -0.4 is 5.32 Å². The zero-order valence-corrected chi connectivity index (χ0v) is 12.1. The number of nitrogens with zero attached hydrogens (tertiary/aromatic N) is 1. The summed E-state index contributed by atoms with van der Waals surface area (Å²) < 4.78 is 0. The topological polar surface area (TPSA) is 75.4 Å². The average Bonchev–Trinajstić information content (AvgIpc) is 2.41. The van der Waals surface area contributed by atoms with Crippen molar-refractivity contribution in [1.82, 2.24) is 5.32 Å². The fraction of sp³-hybridized carbons (Fsp3) is 0.600. The normalized spacial score (nSPS) is 26.4. The van der Waals surface area contributed by atoms with E-state index in [-0.39, 0.29) is 17.0 Å². The third kappa shape index (κ3) is 3.48. The van der Waals surface area contributed by atoms with Gasteiger partial charge in [-0.15, -0.1) is 0 Å². The van der Waals surface area contributed by atoms with Crippen molar-refractivity contribution in [1.29, 1.82) is 0 Å². The van der Waals surface area contributed by atoms with Gasteiger partial charge in [0, 0.05) is 18.2 Å². The second-order valence-electron chi connectivity index (χ2n) is 6.18. The lowest BCUT2D eigenvalue weighted by Gasteiger charge is -2.37. The maximum atomic E-state index is 10.8. The van der Waals surface area contributed by atoms with Gasteiger partial charge in [-0.05, 0) is 50.2 Å². The first-order valence-corrected chi connectivity index (χ1v) is 7.11. The Bertz CT molecular complexity index is 494. The van der Waals surface area contributed by atoms with Crippen molar-refractivity contribution in [3.05, 3.63) is 33.9 Å². The van der Waals surface area contributed by atoms with Crippen LogP contribution >= 0.6 is 0 Å². The van der Waals surface area contributed by atoms with Crippen LogP contribution in [0.15, 0.2) is 18.2 Å². The van der Waals surface area contributed by atoms with Gasteiger partial charge >= 0.3 is 5.69 Å². The van der Waals surface area contributed by atoms with Crippen LogP contribution in [0, 0.1) is 16.0 Å². The highest BCUT2D eigenvalue weighted by atomic mass is 16.6. The maximum absolute atomic E-state index is 10.8. The van der Waals surface area contributed by atoms with Gasteiger partial charge in [-0.1, -0.05) is 13.0 Å². The summed E-state index contributed by atoms with van der Waals surface area (Å²) in [7, 11) is 0. The number of aromatic hydroxyl groups is 1. The molecule has 5 heteroatoms. The van der Waals surface area contributed by atoms with Gasteiger partial charge in [0.2, 0.25) is 0 Å². The van der Waals surface area contributed by atoms with E-state index in [1.54, 1.807) is 6.07 Å². The molecule has 1 aliphatic carbocycles. The Morgan fingerprint density at radius 1 is 1.45 bits per heavy atom. The molecule has 1 aromatic carbocycles. The first-order valence-electron chi connectivity index (χ1n) is 7.11. The highest BCUT2D eigenvalue weighted by Crippen LogP contribution is 2.32. The highest BCUT2D eigenvalue weighted by Gasteiger charge is 2.28. The van der Waals surface area contributed by atoms with E-state index >= 15 is 0 Å². The minimum atomic E-state index is -0.553. The van der Waals surface area contributed by atoms with E-state index in [2.05, 4.69) is 19.2 Å². The Balaban J connectivity index is 2.00. The molecule has 1 aromatic rings. The number of rotatable bonds is 4. The zero-order chi connectivity index (χ0) is 14.8. The second kappa shape index (κ2) is 5.79. The fourth-order valence-corrected chi connectivity index (χ4v) is 2.72. The van der Waals surface area contributed by atoms with Crippen molar-refractivity contribution in [2.45, 2.75) is 51.6 Å². The summed E-state index contributed by atoms with van der Waals surface area (Å²) in [6.45, 7) is 5.09. The number of nitro groups is 1. The number of benzene rings is 1. The smallest absolute Gasteiger partial charge is 0.311 e. The van der Waals surface area contributed by atoms with Crippen LogP contribution in [-0.4, -0.2) is 15.6 Å². The molecule has 1 fully saturated rings. The molecule has 5 nitrogen and oxygen atoms in total. The van der Waals surface area contributed by atoms with E-state index in [0.29, 0.717) is 6.54 Å². The minimum absolute atomic E-state index is 0.110. The predicted molar refractivity (Wildman–Crippen MR) is 77.6 cm³/mol. The lowest BCUT2D eigenvalue weighted by Crippen LogP contribution is -2.44. The number of hydrogen-bond donors (Lipinski definition) is 2. The summed E-state index contributed by atoms with van der Waals surface area (Å²) >= 11 is 0. The Morgan fingerprint density at radius 3 is 2.70 bits per heavy atom. The summed E-state index contributed by atoms with van der Waals surface area (Å²) in [6, 6.07) is 4.56. The van der Waals surface area contributed by atoms with Gasteiger partial charge in [-0.2, -0.15) is 0 Å². The van der Waals surface area contributed by atoms with E-state index in [9.17, 15) is 15.2 Å². The van der Waals surface area contributed by atoms with Gasteiger partial charge in [-0.25, -0.2) is 0 Å². The molecule has 0 atom stereocenters. The zero-order valence-electron chi connectivity index (χ0n) is 12.1. The molecule has 1 aliphatic rings. The van der Waals surface area contributed by atoms with Crippen LogP contribution in [0.25, 0.3) is 0 Å². The predicted octanol–water partition coefficient (Wildman–Crippen LogP) is 3.36. The molecule has 0 saturated heterocycles. The minimum Gasteiger partial charge on any atom is -0.502 e. The first-order chi connectivity index (χ1) is 9.39. The van der Waals surface area contributed by atoms with E-state index < -0.39 is 4.92 Å². The highest BCUT2D eigenvalue weighted by molar-refractivity contribution is 5.47. The molecule has 0 unspecified atom stereocenters. The maximum Gasteiger partial charge on any atom is 0.311 e. The third-order valence-electron chi connectivity index (χ3n) is 4.33. The van der Waals surface area contributed by atoms with Crippen molar-refractivity contribution in [3.63, 3.8) is 0 Å². The molecule has 1 saturated carbocycles. The van der Waals surface area contributed by atoms with Crippen molar-refractivity contribution < 1.29 is 10.0 Å². The standard InChI is InChI=1S/C15H22N2O3/c1-11-5-7-15(2,8-6-11)16-10-12-3-4-14(18)13(9-12)17(19)20/h3-4,9,11,16,18H,5-8,10H2,1-2H3. The van der Waals surface area contributed by atoms with Gasteiger partial charge in [-0.3, -0.25) is 10.1 Å². The SMILES string of the molecule is CC1CCC(C)(NCc2ccc(O)c([N+](=O)[O-])c2)CC1.